The lowest BCUT2D eigenvalue weighted by Crippen LogP contribution is -2.56. The van der Waals surface area contributed by atoms with E-state index in [1.54, 1.807) is 6.92 Å². The molecule has 1 N–H and O–H groups in total. The maximum Gasteiger partial charge on any atom is 0.322 e. The summed E-state index contributed by atoms with van der Waals surface area (Å²) in [5, 5.41) is 3.24. The Morgan fingerprint density at radius 3 is 2.35 bits per heavy atom. The Kier molecular flexibility index (Phi) is 4.91. The van der Waals surface area contributed by atoms with Gasteiger partial charge in [-0.25, -0.2) is 8.42 Å². The molecule has 17 heavy (non-hydrogen) atoms. The average molecular weight is 264 g/mol. The summed E-state index contributed by atoms with van der Waals surface area (Å²) < 4.78 is 29.9. The standard InChI is InChI=1S/C10H20N2O4S/c1-4-16-10(13)7-17(14,15)12-5-8(2)11-9(3)6-12/h8-9,11H,4-7H2,1-3H3. The van der Waals surface area contributed by atoms with Crippen molar-refractivity contribution < 1.29 is 17.9 Å². The molecular weight excluding hydrogens is 244 g/mol. The number of carbonyl (C=O) groups is 1. The van der Waals surface area contributed by atoms with Crippen LogP contribution in [0.4, 0.5) is 0 Å². The summed E-state index contributed by atoms with van der Waals surface area (Å²) in [6.07, 6.45) is 0. The van der Waals surface area contributed by atoms with Crippen LogP contribution in [0.15, 0.2) is 0 Å². The summed E-state index contributed by atoms with van der Waals surface area (Å²) in [6, 6.07) is 0.187. The lowest BCUT2D eigenvalue weighted by molar-refractivity contribution is -0.140. The minimum atomic E-state index is -3.55. The van der Waals surface area contributed by atoms with Gasteiger partial charge >= 0.3 is 5.97 Å². The number of rotatable bonds is 4. The highest BCUT2D eigenvalue weighted by atomic mass is 32.2. The van der Waals surface area contributed by atoms with E-state index in [0.29, 0.717) is 13.1 Å². The van der Waals surface area contributed by atoms with Crippen molar-refractivity contribution in [3.05, 3.63) is 0 Å². The third-order valence-corrected chi connectivity index (χ3v) is 4.21. The van der Waals surface area contributed by atoms with E-state index in [4.69, 9.17) is 0 Å². The number of hydrogen-bond donors (Lipinski definition) is 1. The fraction of sp³-hybridized carbons (Fsp3) is 0.900. The molecule has 6 nitrogen and oxygen atoms in total. The molecule has 1 heterocycles. The second-order valence-electron chi connectivity index (χ2n) is 4.35. The first-order valence-electron chi connectivity index (χ1n) is 5.74. The molecule has 1 aliphatic rings. The Labute approximate surface area is 102 Å². The van der Waals surface area contributed by atoms with Gasteiger partial charge in [-0.1, -0.05) is 0 Å². The maximum absolute atomic E-state index is 12.0. The van der Waals surface area contributed by atoms with Crippen LogP contribution in [-0.2, 0) is 19.6 Å². The molecule has 7 heteroatoms. The van der Waals surface area contributed by atoms with Crippen LogP contribution in [0.25, 0.3) is 0 Å². The molecule has 1 saturated heterocycles. The van der Waals surface area contributed by atoms with Gasteiger partial charge in [0.05, 0.1) is 6.61 Å². The SMILES string of the molecule is CCOC(=O)CS(=O)(=O)N1CC(C)NC(C)C1. The lowest BCUT2D eigenvalue weighted by atomic mass is 10.2. The van der Waals surface area contributed by atoms with Crippen LogP contribution >= 0.6 is 0 Å². The highest BCUT2D eigenvalue weighted by Gasteiger charge is 2.31. The molecule has 0 saturated carbocycles. The third kappa shape index (κ3) is 4.25. The largest absolute Gasteiger partial charge is 0.465 e. The van der Waals surface area contributed by atoms with Gasteiger partial charge in [-0.15, -0.1) is 0 Å². The van der Waals surface area contributed by atoms with Crippen LogP contribution < -0.4 is 5.32 Å². The van der Waals surface area contributed by atoms with Crippen molar-refractivity contribution in [1.82, 2.24) is 9.62 Å². The zero-order valence-corrected chi connectivity index (χ0v) is 11.3. The van der Waals surface area contributed by atoms with E-state index < -0.39 is 21.7 Å². The predicted octanol–water partition coefficient (Wildman–Crippen LogP) is -0.438. The van der Waals surface area contributed by atoms with Gasteiger partial charge in [0.15, 0.2) is 5.75 Å². The second kappa shape index (κ2) is 5.79. The van der Waals surface area contributed by atoms with Gasteiger partial charge in [0.25, 0.3) is 0 Å². The first-order chi connectivity index (χ1) is 7.85. The van der Waals surface area contributed by atoms with E-state index in [1.165, 1.54) is 4.31 Å². The van der Waals surface area contributed by atoms with E-state index >= 15 is 0 Å². The summed E-state index contributed by atoms with van der Waals surface area (Å²) in [4.78, 5) is 11.2. The van der Waals surface area contributed by atoms with E-state index in [2.05, 4.69) is 10.1 Å². The number of esters is 1. The summed E-state index contributed by atoms with van der Waals surface area (Å²) in [6.45, 7) is 6.48. The van der Waals surface area contributed by atoms with Crippen molar-refractivity contribution in [2.75, 3.05) is 25.4 Å². The highest BCUT2D eigenvalue weighted by Crippen LogP contribution is 2.10. The molecular formula is C10H20N2O4S. The molecule has 1 aliphatic heterocycles. The molecule has 1 fully saturated rings. The monoisotopic (exact) mass is 264 g/mol. The number of nitrogens with one attached hydrogen (secondary N) is 1. The highest BCUT2D eigenvalue weighted by molar-refractivity contribution is 7.89. The van der Waals surface area contributed by atoms with E-state index in [0.717, 1.165) is 0 Å². The van der Waals surface area contributed by atoms with Crippen molar-refractivity contribution in [3.8, 4) is 0 Å². The minimum absolute atomic E-state index is 0.0933. The van der Waals surface area contributed by atoms with E-state index in [9.17, 15) is 13.2 Å². The maximum atomic E-state index is 12.0. The van der Waals surface area contributed by atoms with Crippen LogP contribution in [0.2, 0.25) is 0 Å². The Bertz CT molecular complexity index is 359. The van der Waals surface area contributed by atoms with Crippen LogP contribution in [0.3, 0.4) is 0 Å². The summed E-state index contributed by atoms with van der Waals surface area (Å²) >= 11 is 0. The third-order valence-electron chi connectivity index (χ3n) is 2.52. The predicted molar refractivity (Wildman–Crippen MR) is 64.1 cm³/mol. The molecule has 2 unspecified atom stereocenters. The summed E-state index contributed by atoms with van der Waals surface area (Å²) in [5.74, 6) is -1.26. The van der Waals surface area contributed by atoms with Crippen molar-refractivity contribution in [2.24, 2.45) is 0 Å². The molecule has 100 valence electrons. The van der Waals surface area contributed by atoms with Gasteiger partial charge < -0.3 is 10.1 Å². The topological polar surface area (TPSA) is 75.7 Å². The zero-order valence-electron chi connectivity index (χ0n) is 10.5. The van der Waals surface area contributed by atoms with Crippen molar-refractivity contribution in [3.63, 3.8) is 0 Å². The van der Waals surface area contributed by atoms with Gasteiger partial charge in [-0.2, -0.15) is 4.31 Å². The molecule has 0 aromatic carbocycles. The van der Waals surface area contributed by atoms with E-state index in [-0.39, 0.29) is 18.7 Å². The zero-order chi connectivity index (χ0) is 13.1. The molecule has 0 aliphatic carbocycles. The fourth-order valence-electron chi connectivity index (χ4n) is 1.95. The molecule has 2 atom stereocenters. The molecule has 0 aromatic rings. The number of piperazine rings is 1. The number of carbonyl (C=O) groups excluding carboxylic acids is 1. The van der Waals surface area contributed by atoms with Crippen LogP contribution in [0.5, 0.6) is 0 Å². The number of sulfonamides is 1. The van der Waals surface area contributed by atoms with Crippen molar-refractivity contribution >= 4 is 16.0 Å². The van der Waals surface area contributed by atoms with Crippen molar-refractivity contribution in [2.45, 2.75) is 32.9 Å². The smallest absolute Gasteiger partial charge is 0.322 e. The molecule has 0 amide bonds. The Hall–Kier alpha value is -0.660. The Morgan fingerprint density at radius 2 is 1.88 bits per heavy atom. The number of ether oxygens (including phenoxy) is 1. The summed E-state index contributed by atoms with van der Waals surface area (Å²) in [5.41, 5.74) is 0. The van der Waals surface area contributed by atoms with E-state index in [1.807, 2.05) is 13.8 Å². The van der Waals surface area contributed by atoms with Crippen LogP contribution in [0.1, 0.15) is 20.8 Å². The van der Waals surface area contributed by atoms with Crippen molar-refractivity contribution in [1.29, 1.82) is 0 Å². The lowest BCUT2D eigenvalue weighted by Gasteiger charge is -2.34. The molecule has 0 radical (unpaired) electrons. The summed E-state index contributed by atoms with van der Waals surface area (Å²) in [7, 11) is -3.55. The quantitative estimate of drug-likeness (QED) is 0.697. The van der Waals surface area contributed by atoms with Crippen LogP contribution in [-0.4, -0.2) is 56.2 Å². The normalized spacial score (nSPS) is 26.8. The van der Waals surface area contributed by atoms with Gasteiger partial charge in [-0.05, 0) is 20.8 Å². The Morgan fingerprint density at radius 1 is 1.35 bits per heavy atom. The first kappa shape index (κ1) is 14.4. The molecule has 1 rings (SSSR count). The van der Waals surface area contributed by atoms with Gasteiger partial charge in [0.1, 0.15) is 0 Å². The molecule has 0 aromatic heterocycles. The average Bonchev–Trinajstić information content (AvgIpc) is 2.15. The van der Waals surface area contributed by atoms with Gasteiger partial charge in [-0.3, -0.25) is 4.79 Å². The second-order valence-corrected chi connectivity index (χ2v) is 6.32. The number of nitrogens with zero attached hydrogens (tertiary/aromatic N) is 1. The van der Waals surface area contributed by atoms with Gasteiger partial charge in [0, 0.05) is 25.2 Å². The molecule has 0 bridgehead atoms. The number of hydrogen-bond acceptors (Lipinski definition) is 5. The molecule has 0 spiro atoms. The van der Waals surface area contributed by atoms with Gasteiger partial charge in [0.2, 0.25) is 10.0 Å². The Balaban J connectivity index is 2.66. The first-order valence-corrected chi connectivity index (χ1v) is 7.35. The minimum Gasteiger partial charge on any atom is -0.465 e. The van der Waals surface area contributed by atoms with Crippen LogP contribution in [0, 0.1) is 0 Å². The fourth-order valence-corrected chi connectivity index (χ4v) is 3.41.